The molecule has 1 N–H and O–H groups in total. The number of benzene rings is 1. The minimum atomic E-state index is -3.46. The van der Waals surface area contributed by atoms with Gasteiger partial charge in [0.2, 0.25) is 10.0 Å². The predicted molar refractivity (Wildman–Crippen MR) is 52.1 cm³/mol. The third kappa shape index (κ3) is 1.92. The van der Waals surface area contributed by atoms with Crippen LogP contribution in [-0.4, -0.2) is 15.5 Å². The van der Waals surface area contributed by atoms with Crippen LogP contribution in [0.1, 0.15) is 11.1 Å². The molecule has 1 aromatic rings. The Morgan fingerprint density at radius 2 is 2.07 bits per heavy atom. The average Bonchev–Trinajstić information content (AvgIpc) is 2.18. The van der Waals surface area contributed by atoms with Crippen LogP contribution in [-0.2, 0) is 10.0 Å². The Labute approximate surface area is 83.2 Å². The molecule has 74 valence electrons. The van der Waals surface area contributed by atoms with Crippen molar-refractivity contribution in [3.05, 3.63) is 29.3 Å². The smallest absolute Gasteiger partial charge is 0.214 e. The van der Waals surface area contributed by atoms with E-state index >= 15 is 0 Å². The summed E-state index contributed by atoms with van der Waals surface area (Å²) in [6.45, 7) is 1.69. The standard InChI is InChI=1S/C9H10N2O2S/c1-7-3-4-8(6-10)5-9(7)14(12,13)11-2/h3-5,11H,1-2H3. The first-order chi connectivity index (χ1) is 6.51. The quantitative estimate of drug-likeness (QED) is 0.784. The molecule has 1 aromatic carbocycles. The van der Waals surface area contributed by atoms with Crippen LogP contribution < -0.4 is 4.72 Å². The van der Waals surface area contributed by atoms with Gasteiger partial charge in [0.15, 0.2) is 0 Å². The SMILES string of the molecule is CNS(=O)(=O)c1cc(C#N)ccc1C. The Morgan fingerprint density at radius 1 is 1.43 bits per heavy atom. The second-order valence-corrected chi connectivity index (χ2v) is 4.65. The Hall–Kier alpha value is -1.38. The second-order valence-electron chi connectivity index (χ2n) is 2.80. The molecule has 0 heterocycles. The fourth-order valence-corrected chi connectivity index (χ4v) is 2.06. The van der Waals surface area contributed by atoms with Crippen LogP contribution in [0.2, 0.25) is 0 Å². The van der Waals surface area contributed by atoms with Crippen molar-refractivity contribution >= 4 is 10.0 Å². The Kier molecular flexibility index (Phi) is 2.89. The average molecular weight is 210 g/mol. The van der Waals surface area contributed by atoms with Gasteiger partial charge in [0, 0.05) is 0 Å². The summed E-state index contributed by atoms with van der Waals surface area (Å²) < 4.78 is 25.2. The first kappa shape index (κ1) is 10.7. The van der Waals surface area contributed by atoms with Gasteiger partial charge in [0.25, 0.3) is 0 Å². The van der Waals surface area contributed by atoms with E-state index in [-0.39, 0.29) is 4.90 Å². The summed E-state index contributed by atoms with van der Waals surface area (Å²) in [6.07, 6.45) is 0. The highest BCUT2D eigenvalue weighted by Crippen LogP contribution is 2.15. The summed E-state index contributed by atoms with van der Waals surface area (Å²) >= 11 is 0. The first-order valence-corrected chi connectivity index (χ1v) is 5.44. The molecular formula is C9H10N2O2S. The number of sulfonamides is 1. The summed E-state index contributed by atoms with van der Waals surface area (Å²) in [7, 11) is -2.12. The molecule has 0 spiro atoms. The highest BCUT2D eigenvalue weighted by Gasteiger charge is 2.14. The molecule has 1 rings (SSSR count). The topological polar surface area (TPSA) is 70.0 Å². The number of nitrogens with zero attached hydrogens (tertiary/aromatic N) is 1. The van der Waals surface area contributed by atoms with Crippen LogP contribution >= 0.6 is 0 Å². The summed E-state index contributed by atoms with van der Waals surface area (Å²) in [6, 6.07) is 6.46. The van der Waals surface area contributed by atoms with Crippen LogP contribution in [0, 0.1) is 18.3 Å². The molecule has 4 nitrogen and oxygen atoms in total. The number of rotatable bonds is 2. The molecule has 0 atom stereocenters. The minimum Gasteiger partial charge on any atom is -0.214 e. The zero-order valence-electron chi connectivity index (χ0n) is 7.90. The maximum Gasteiger partial charge on any atom is 0.240 e. The van der Waals surface area contributed by atoms with E-state index in [1.165, 1.54) is 13.1 Å². The maximum absolute atomic E-state index is 11.5. The van der Waals surface area contributed by atoms with E-state index in [2.05, 4.69) is 4.72 Å². The number of hydrogen-bond acceptors (Lipinski definition) is 3. The minimum absolute atomic E-state index is 0.152. The van der Waals surface area contributed by atoms with Gasteiger partial charge in [-0.15, -0.1) is 0 Å². The highest BCUT2D eigenvalue weighted by atomic mass is 32.2. The zero-order chi connectivity index (χ0) is 10.8. The van der Waals surface area contributed by atoms with Crippen molar-refractivity contribution in [2.24, 2.45) is 0 Å². The fraction of sp³-hybridized carbons (Fsp3) is 0.222. The van der Waals surface area contributed by atoms with Crippen LogP contribution in [0.25, 0.3) is 0 Å². The molecule has 0 saturated carbocycles. The van der Waals surface area contributed by atoms with Crippen molar-refractivity contribution in [2.45, 2.75) is 11.8 Å². The molecule has 5 heteroatoms. The lowest BCUT2D eigenvalue weighted by Crippen LogP contribution is -2.19. The van der Waals surface area contributed by atoms with E-state index in [1.807, 2.05) is 6.07 Å². The molecule has 0 aliphatic heterocycles. The summed E-state index contributed by atoms with van der Waals surface area (Å²) in [5.41, 5.74) is 0.961. The molecule has 0 amide bonds. The number of aryl methyl sites for hydroxylation is 1. The van der Waals surface area contributed by atoms with Gasteiger partial charge in [0.1, 0.15) is 0 Å². The summed E-state index contributed by atoms with van der Waals surface area (Å²) in [5.74, 6) is 0. The van der Waals surface area contributed by atoms with Crippen molar-refractivity contribution in [1.29, 1.82) is 5.26 Å². The van der Waals surface area contributed by atoms with Crippen molar-refractivity contribution < 1.29 is 8.42 Å². The highest BCUT2D eigenvalue weighted by molar-refractivity contribution is 7.89. The molecule has 0 fully saturated rings. The predicted octanol–water partition coefficient (Wildman–Crippen LogP) is 0.775. The van der Waals surface area contributed by atoms with Gasteiger partial charge in [-0.1, -0.05) is 6.07 Å². The van der Waals surface area contributed by atoms with Gasteiger partial charge in [-0.2, -0.15) is 5.26 Å². The van der Waals surface area contributed by atoms with Gasteiger partial charge in [-0.25, -0.2) is 13.1 Å². The van der Waals surface area contributed by atoms with Crippen LogP contribution in [0.5, 0.6) is 0 Å². The van der Waals surface area contributed by atoms with Crippen LogP contribution in [0.15, 0.2) is 23.1 Å². The molecule has 0 radical (unpaired) electrons. The Bertz CT molecular complexity index is 486. The molecule has 0 aromatic heterocycles. The molecule has 0 aliphatic rings. The van der Waals surface area contributed by atoms with E-state index in [9.17, 15) is 8.42 Å². The lowest BCUT2D eigenvalue weighted by molar-refractivity contribution is 0.587. The molecule has 0 saturated heterocycles. The van der Waals surface area contributed by atoms with E-state index in [0.29, 0.717) is 11.1 Å². The monoisotopic (exact) mass is 210 g/mol. The normalized spacial score (nSPS) is 10.9. The van der Waals surface area contributed by atoms with E-state index in [0.717, 1.165) is 0 Å². The van der Waals surface area contributed by atoms with Gasteiger partial charge in [-0.05, 0) is 31.7 Å². The first-order valence-electron chi connectivity index (χ1n) is 3.95. The van der Waals surface area contributed by atoms with E-state index in [4.69, 9.17) is 5.26 Å². The maximum atomic E-state index is 11.5. The van der Waals surface area contributed by atoms with Crippen molar-refractivity contribution in [3.8, 4) is 6.07 Å². The van der Waals surface area contributed by atoms with Gasteiger partial charge in [-0.3, -0.25) is 0 Å². The molecule has 0 aliphatic carbocycles. The van der Waals surface area contributed by atoms with Gasteiger partial charge < -0.3 is 0 Å². The Morgan fingerprint density at radius 3 is 2.57 bits per heavy atom. The van der Waals surface area contributed by atoms with E-state index in [1.54, 1.807) is 19.1 Å². The molecule has 0 unspecified atom stereocenters. The molecular weight excluding hydrogens is 200 g/mol. The largest absolute Gasteiger partial charge is 0.240 e. The lowest BCUT2D eigenvalue weighted by atomic mass is 10.2. The van der Waals surface area contributed by atoms with Crippen LogP contribution in [0.4, 0.5) is 0 Å². The van der Waals surface area contributed by atoms with Gasteiger partial charge in [0.05, 0.1) is 16.5 Å². The van der Waals surface area contributed by atoms with Crippen molar-refractivity contribution in [2.75, 3.05) is 7.05 Å². The second kappa shape index (κ2) is 3.78. The number of nitrogens with one attached hydrogen (secondary N) is 1. The van der Waals surface area contributed by atoms with Crippen molar-refractivity contribution in [1.82, 2.24) is 4.72 Å². The number of hydrogen-bond donors (Lipinski definition) is 1. The lowest BCUT2D eigenvalue weighted by Gasteiger charge is -2.05. The Balaban J connectivity index is 3.43. The van der Waals surface area contributed by atoms with Crippen molar-refractivity contribution in [3.63, 3.8) is 0 Å². The van der Waals surface area contributed by atoms with Gasteiger partial charge >= 0.3 is 0 Å². The third-order valence-electron chi connectivity index (χ3n) is 1.88. The summed E-state index contributed by atoms with van der Waals surface area (Å²) in [5, 5.41) is 8.63. The molecule has 14 heavy (non-hydrogen) atoms. The van der Waals surface area contributed by atoms with E-state index < -0.39 is 10.0 Å². The summed E-state index contributed by atoms with van der Waals surface area (Å²) in [4.78, 5) is 0.152. The zero-order valence-corrected chi connectivity index (χ0v) is 8.72. The van der Waals surface area contributed by atoms with Crippen LogP contribution in [0.3, 0.4) is 0 Å². The molecule has 0 bridgehead atoms. The third-order valence-corrected chi connectivity index (χ3v) is 3.43. The number of nitriles is 1. The fourth-order valence-electron chi connectivity index (χ4n) is 1.07.